The molecule has 0 atom stereocenters. The minimum atomic E-state index is -4.43. The van der Waals surface area contributed by atoms with Crippen LogP contribution in [0.5, 0.6) is 5.75 Å². The Balaban J connectivity index is 1.42. The first kappa shape index (κ1) is 23.6. The highest BCUT2D eigenvalue weighted by Crippen LogP contribution is 2.59. The zero-order valence-corrected chi connectivity index (χ0v) is 19.1. The van der Waals surface area contributed by atoms with E-state index in [1.165, 1.54) is 36.0 Å². The lowest BCUT2D eigenvalue weighted by atomic mass is 10.1. The summed E-state index contributed by atoms with van der Waals surface area (Å²) < 4.78 is 61.6. The quantitative estimate of drug-likeness (QED) is 0.377. The number of imidazole rings is 1. The van der Waals surface area contributed by atoms with E-state index in [0.717, 1.165) is 6.07 Å². The number of methoxy groups -OCH3 is 1. The summed E-state index contributed by atoms with van der Waals surface area (Å²) in [7, 11) is 1.38. The Kier molecular flexibility index (Phi) is 5.57. The molecule has 0 bridgehead atoms. The van der Waals surface area contributed by atoms with Gasteiger partial charge in [-0.2, -0.15) is 13.2 Å². The number of alkyl halides is 3. The van der Waals surface area contributed by atoms with Crippen molar-refractivity contribution in [2.24, 2.45) is 0 Å². The molecular weight excluding hydrogens is 478 g/mol. The fourth-order valence-electron chi connectivity index (χ4n) is 4.28. The van der Waals surface area contributed by atoms with Crippen molar-refractivity contribution in [3.63, 3.8) is 0 Å². The van der Waals surface area contributed by atoms with Crippen molar-refractivity contribution < 1.29 is 27.1 Å². The van der Waals surface area contributed by atoms with Crippen LogP contribution in [-0.2, 0) is 12.0 Å². The summed E-state index contributed by atoms with van der Waals surface area (Å²) in [4.78, 5) is 21.0. The van der Waals surface area contributed by atoms with Gasteiger partial charge in [0, 0.05) is 24.5 Å². The minimum Gasteiger partial charge on any atom is -0.496 e. The third kappa shape index (κ3) is 3.90. The van der Waals surface area contributed by atoms with Crippen molar-refractivity contribution in [1.29, 1.82) is 0 Å². The lowest BCUT2D eigenvalue weighted by molar-refractivity contribution is -0.162. The van der Waals surface area contributed by atoms with Gasteiger partial charge in [0.05, 0.1) is 12.7 Å². The lowest BCUT2D eigenvalue weighted by Gasteiger charge is -2.17. The van der Waals surface area contributed by atoms with Gasteiger partial charge in [0.15, 0.2) is 0 Å². The predicted octanol–water partition coefficient (Wildman–Crippen LogP) is 4.65. The number of nitrogens with two attached hydrogens (primary N) is 1. The van der Waals surface area contributed by atoms with Crippen LogP contribution in [0.1, 0.15) is 34.6 Å². The molecule has 0 spiro atoms. The first-order chi connectivity index (χ1) is 17.1. The van der Waals surface area contributed by atoms with Crippen LogP contribution in [0.25, 0.3) is 16.8 Å². The van der Waals surface area contributed by atoms with E-state index in [1.807, 2.05) is 0 Å². The van der Waals surface area contributed by atoms with Gasteiger partial charge in [-0.05, 0) is 36.6 Å². The molecule has 11 heteroatoms. The molecule has 0 saturated heterocycles. The number of carbonyl (C=O) groups is 1. The molecule has 2 aromatic heterocycles. The molecule has 0 unspecified atom stereocenters. The average Bonchev–Trinajstić information content (AvgIpc) is 3.58. The van der Waals surface area contributed by atoms with E-state index in [1.54, 1.807) is 24.3 Å². The summed E-state index contributed by atoms with van der Waals surface area (Å²) in [5.41, 5.74) is 5.98. The van der Waals surface area contributed by atoms with Gasteiger partial charge in [-0.25, -0.2) is 14.4 Å². The molecule has 2 heterocycles. The number of halogens is 4. The number of hydrogen-bond donors (Lipinski definition) is 2. The van der Waals surface area contributed by atoms with Crippen molar-refractivity contribution in [1.82, 2.24) is 19.7 Å². The van der Waals surface area contributed by atoms with Gasteiger partial charge in [-0.3, -0.25) is 9.20 Å². The molecule has 5 rings (SSSR count). The molecule has 0 aliphatic heterocycles. The van der Waals surface area contributed by atoms with Gasteiger partial charge in [0.2, 0.25) is 0 Å². The topological polar surface area (TPSA) is 94.5 Å². The monoisotopic (exact) mass is 499 g/mol. The van der Waals surface area contributed by atoms with Gasteiger partial charge in [-0.1, -0.05) is 24.3 Å². The van der Waals surface area contributed by atoms with Gasteiger partial charge in [0.25, 0.3) is 5.91 Å². The van der Waals surface area contributed by atoms with Crippen molar-refractivity contribution in [2.45, 2.75) is 31.0 Å². The molecule has 7 nitrogen and oxygen atoms in total. The second kappa shape index (κ2) is 8.51. The Morgan fingerprint density at radius 3 is 2.56 bits per heavy atom. The van der Waals surface area contributed by atoms with E-state index in [-0.39, 0.29) is 42.3 Å². The van der Waals surface area contributed by atoms with Gasteiger partial charge in [0.1, 0.15) is 39.8 Å². The zero-order valence-electron chi connectivity index (χ0n) is 19.1. The number of anilines is 1. The van der Waals surface area contributed by atoms with E-state index in [0.29, 0.717) is 22.3 Å². The van der Waals surface area contributed by atoms with E-state index in [2.05, 4.69) is 15.3 Å². The molecule has 1 saturated carbocycles. The van der Waals surface area contributed by atoms with Gasteiger partial charge >= 0.3 is 6.18 Å². The Hall–Kier alpha value is -4.15. The van der Waals surface area contributed by atoms with Crippen LogP contribution in [-0.4, -0.2) is 33.6 Å². The SMILES string of the molecule is COc1ccc(F)cc1C(=O)NCc1ccc(-c2nc(C3(C(F)(F)F)CC3)n3ccnc(N)c23)cc1. The molecule has 1 aliphatic carbocycles. The summed E-state index contributed by atoms with van der Waals surface area (Å²) >= 11 is 0. The van der Waals surface area contributed by atoms with E-state index >= 15 is 0 Å². The molecular formula is C25H21F4N5O2. The standard InChI is InChI=1S/C25H21F4N5O2/c1-36-18-7-6-16(26)12-17(18)22(35)32-13-14-2-4-15(5-3-14)19-20-21(30)31-10-11-34(20)23(33-19)24(8-9-24)25(27,28)29/h2-7,10-12H,8-9,13H2,1H3,(H2,30,31)(H,32,35). The number of carbonyl (C=O) groups excluding carboxylic acids is 1. The van der Waals surface area contributed by atoms with Crippen molar-refractivity contribution in [2.75, 3.05) is 12.8 Å². The van der Waals surface area contributed by atoms with Crippen LogP contribution in [0.3, 0.4) is 0 Å². The Labute approximate surface area is 202 Å². The molecule has 0 radical (unpaired) electrons. The second-order valence-corrected chi connectivity index (χ2v) is 8.62. The van der Waals surface area contributed by atoms with Crippen LogP contribution in [0.4, 0.5) is 23.4 Å². The predicted molar refractivity (Wildman–Crippen MR) is 124 cm³/mol. The normalized spacial score (nSPS) is 14.6. The number of nitrogen functional groups attached to an aromatic ring is 1. The molecule has 2 aromatic carbocycles. The zero-order chi connectivity index (χ0) is 25.7. The first-order valence-electron chi connectivity index (χ1n) is 11.1. The van der Waals surface area contributed by atoms with Crippen LogP contribution >= 0.6 is 0 Å². The summed E-state index contributed by atoms with van der Waals surface area (Å²) in [5, 5.41) is 2.70. The van der Waals surface area contributed by atoms with Crippen molar-refractivity contribution >= 4 is 17.2 Å². The van der Waals surface area contributed by atoms with E-state index < -0.39 is 23.3 Å². The molecule has 186 valence electrons. The highest BCUT2D eigenvalue weighted by Gasteiger charge is 2.66. The highest BCUT2D eigenvalue weighted by atomic mass is 19.4. The van der Waals surface area contributed by atoms with E-state index in [4.69, 9.17) is 10.5 Å². The second-order valence-electron chi connectivity index (χ2n) is 8.62. The first-order valence-corrected chi connectivity index (χ1v) is 11.1. The largest absolute Gasteiger partial charge is 0.496 e. The number of nitrogens with one attached hydrogen (secondary N) is 1. The van der Waals surface area contributed by atoms with Crippen molar-refractivity contribution in [3.05, 3.63) is 77.6 Å². The highest BCUT2D eigenvalue weighted by molar-refractivity contribution is 5.97. The Bertz CT molecular complexity index is 1460. The molecule has 1 amide bonds. The summed E-state index contributed by atoms with van der Waals surface area (Å²) in [5.74, 6) is -0.866. The molecule has 1 fully saturated rings. The van der Waals surface area contributed by atoms with Crippen LogP contribution in [0.15, 0.2) is 54.9 Å². The fraction of sp³-hybridized carbons (Fsp3) is 0.240. The van der Waals surface area contributed by atoms with Gasteiger partial charge < -0.3 is 15.8 Å². The third-order valence-electron chi connectivity index (χ3n) is 6.39. The molecule has 3 N–H and O–H groups in total. The molecule has 36 heavy (non-hydrogen) atoms. The fourth-order valence-corrected chi connectivity index (χ4v) is 4.28. The number of hydrogen-bond acceptors (Lipinski definition) is 5. The smallest absolute Gasteiger partial charge is 0.401 e. The lowest BCUT2D eigenvalue weighted by Crippen LogP contribution is -2.30. The third-order valence-corrected chi connectivity index (χ3v) is 6.39. The Morgan fingerprint density at radius 1 is 1.19 bits per heavy atom. The number of nitrogens with zero attached hydrogens (tertiary/aromatic N) is 3. The number of fused-ring (bicyclic) bond motifs is 1. The summed E-state index contributed by atoms with van der Waals surface area (Å²) in [6, 6.07) is 10.5. The maximum atomic E-state index is 13.9. The van der Waals surface area contributed by atoms with Crippen LogP contribution in [0, 0.1) is 5.82 Å². The Morgan fingerprint density at radius 2 is 1.92 bits per heavy atom. The number of amides is 1. The summed E-state index contributed by atoms with van der Waals surface area (Å²) in [6.45, 7) is 0.134. The van der Waals surface area contributed by atoms with E-state index in [9.17, 15) is 22.4 Å². The average molecular weight is 499 g/mol. The minimum absolute atomic E-state index is 0.0357. The number of benzene rings is 2. The summed E-state index contributed by atoms with van der Waals surface area (Å²) in [6.07, 6.45) is -1.72. The van der Waals surface area contributed by atoms with Gasteiger partial charge in [-0.15, -0.1) is 0 Å². The van der Waals surface area contributed by atoms with Crippen molar-refractivity contribution in [3.8, 4) is 17.0 Å². The number of aromatic nitrogens is 3. The number of rotatable bonds is 6. The maximum Gasteiger partial charge on any atom is 0.401 e. The van der Waals surface area contributed by atoms with Crippen LogP contribution < -0.4 is 15.8 Å². The molecule has 4 aromatic rings. The number of ether oxygens (including phenoxy) is 1. The molecule has 1 aliphatic rings. The van der Waals surface area contributed by atoms with Crippen LogP contribution in [0.2, 0.25) is 0 Å². The maximum absolute atomic E-state index is 13.9.